The zero-order valence-electron chi connectivity index (χ0n) is 15.9. The predicted octanol–water partition coefficient (Wildman–Crippen LogP) is 3.45. The minimum Gasteiger partial charge on any atom is -0.497 e. The monoisotopic (exact) mass is 392 g/mol. The van der Waals surface area contributed by atoms with E-state index in [1.165, 1.54) is 0 Å². The van der Waals surface area contributed by atoms with Crippen LogP contribution in [0.15, 0.2) is 65.2 Å². The van der Waals surface area contributed by atoms with E-state index in [2.05, 4.69) is 5.16 Å². The van der Waals surface area contributed by atoms with Gasteiger partial charge in [0, 0.05) is 36.3 Å². The highest BCUT2D eigenvalue weighted by Crippen LogP contribution is 2.28. The number of hydrogen-bond acceptors (Lipinski definition) is 6. The number of ether oxygens (including phenoxy) is 2. The summed E-state index contributed by atoms with van der Waals surface area (Å²) in [5.41, 5.74) is 2.12. The molecule has 7 nitrogen and oxygen atoms in total. The molecule has 3 aromatic rings. The molecule has 7 heteroatoms. The molecule has 29 heavy (non-hydrogen) atoms. The van der Waals surface area contributed by atoms with E-state index in [0.29, 0.717) is 22.9 Å². The van der Waals surface area contributed by atoms with Gasteiger partial charge in [0.25, 0.3) is 0 Å². The van der Waals surface area contributed by atoms with Crippen molar-refractivity contribution >= 4 is 17.6 Å². The van der Waals surface area contributed by atoms with Gasteiger partial charge >= 0.3 is 5.97 Å². The number of nitrogens with zero attached hydrogens (tertiary/aromatic N) is 2. The summed E-state index contributed by atoms with van der Waals surface area (Å²) in [6.07, 6.45) is 0.115. The van der Waals surface area contributed by atoms with Gasteiger partial charge in [0.2, 0.25) is 5.91 Å². The fourth-order valence-corrected chi connectivity index (χ4v) is 3.27. The molecule has 1 aliphatic rings. The van der Waals surface area contributed by atoms with Gasteiger partial charge in [-0.05, 0) is 12.1 Å². The number of carbonyl (C=O) groups excluding carboxylic acids is 2. The van der Waals surface area contributed by atoms with Crippen LogP contribution in [-0.2, 0) is 20.9 Å². The Morgan fingerprint density at radius 3 is 2.79 bits per heavy atom. The van der Waals surface area contributed by atoms with E-state index < -0.39 is 11.9 Å². The summed E-state index contributed by atoms with van der Waals surface area (Å²) in [5.74, 6) is 0.202. The molecular formula is C22H20N2O5. The van der Waals surface area contributed by atoms with Crippen LogP contribution < -0.4 is 9.64 Å². The van der Waals surface area contributed by atoms with Gasteiger partial charge in [-0.2, -0.15) is 0 Å². The van der Waals surface area contributed by atoms with Crippen molar-refractivity contribution in [3.05, 3.63) is 66.4 Å². The highest BCUT2D eigenvalue weighted by molar-refractivity contribution is 5.99. The fraction of sp³-hybridized carbons (Fsp3) is 0.227. The smallest absolute Gasteiger partial charge is 0.311 e. The summed E-state index contributed by atoms with van der Waals surface area (Å²) in [7, 11) is 1.57. The lowest BCUT2D eigenvalue weighted by Crippen LogP contribution is -2.26. The predicted molar refractivity (Wildman–Crippen MR) is 105 cm³/mol. The molecule has 1 aliphatic heterocycles. The van der Waals surface area contributed by atoms with E-state index in [0.717, 1.165) is 5.56 Å². The normalized spacial score (nSPS) is 16.1. The van der Waals surface area contributed by atoms with E-state index in [1.807, 2.05) is 42.5 Å². The van der Waals surface area contributed by atoms with Crippen LogP contribution in [0.5, 0.6) is 5.75 Å². The number of aromatic nitrogens is 1. The number of hydrogen-bond donors (Lipinski definition) is 0. The number of esters is 1. The standard InChI is InChI=1S/C22H20N2O5/c1-27-19-9-5-8-18(12-19)24-13-16(10-21(24)25)22(26)28-14-17-11-20(29-23-17)15-6-3-2-4-7-15/h2-9,11-12,16H,10,13-14H2,1H3. The number of carbonyl (C=O) groups is 2. The van der Waals surface area contributed by atoms with Crippen molar-refractivity contribution in [2.75, 3.05) is 18.6 Å². The maximum absolute atomic E-state index is 12.5. The van der Waals surface area contributed by atoms with Crippen LogP contribution in [0, 0.1) is 5.92 Å². The summed E-state index contributed by atoms with van der Waals surface area (Å²) < 4.78 is 15.9. The minimum atomic E-state index is -0.519. The Balaban J connectivity index is 1.36. The molecule has 1 amide bonds. The van der Waals surface area contributed by atoms with Crippen molar-refractivity contribution < 1.29 is 23.6 Å². The summed E-state index contributed by atoms with van der Waals surface area (Å²) in [5, 5.41) is 3.94. The van der Waals surface area contributed by atoms with Gasteiger partial charge in [0.1, 0.15) is 18.1 Å². The molecule has 0 saturated carbocycles. The number of anilines is 1. The molecular weight excluding hydrogens is 372 g/mol. The van der Waals surface area contributed by atoms with Crippen LogP contribution in [0.1, 0.15) is 12.1 Å². The average Bonchev–Trinajstić information content (AvgIpc) is 3.39. The fourth-order valence-electron chi connectivity index (χ4n) is 3.27. The highest BCUT2D eigenvalue weighted by Gasteiger charge is 2.36. The zero-order valence-corrected chi connectivity index (χ0v) is 15.9. The molecule has 1 fully saturated rings. The largest absolute Gasteiger partial charge is 0.497 e. The zero-order chi connectivity index (χ0) is 20.2. The lowest BCUT2D eigenvalue weighted by Gasteiger charge is -2.17. The van der Waals surface area contributed by atoms with E-state index >= 15 is 0 Å². The Bertz CT molecular complexity index is 1010. The molecule has 0 radical (unpaired) electrons. The third-order valence-corrected chi connectivity index (χ3v) is 4.80. The van der Waals surface area contributed by atoms with E-state index in [-0.39, 0.29) is 25.5 Å². The van der Waals surface area contributed by atoms with Gasteiger partial charge in [-0.1, -0.05) is 41.6 Å². The molecule has 1 aromatic heterocycles. The summed E-state index contributed by atoms with van der Waals surface area (Å²) in [6.45, 7) is 0.276. The molecule has 2 aromatic carbocycles. The van der Waals surface area contributed by atoms with Gasteiger partial charge in [0.15, 0.2) is 5.76 Å². The van der Waals surface area contributed by atoms with Gasteiger partial charge in [-0.25, -0.2) is 0 Å². The SMILES string of the molecule is COc1cccc(N2CC(C(=O)OCc3cc(-c4ccccc4)on3)CC2=O)c1. The first kappa shape index (κ1) is 18.7. The van der Waals surface area contributed by atoms with Crippen molar-refractivity contribution in [2.24, 2.45) is 5.92 Å². The van der Waals surface area contributed by atoms with Gasteiger partial charge < -0.3 is 18.9 Å². The van der Waals surface area contributed by atoms with Crippen molar-refractivity contribution in [2.45, 2.75) is 13.0 Å². The third kappa shape index (κ3) is 4.13. The molecule has 1 unspecified atom stereocenters. The van der Waals surface area contributed by atoms with E-state index in [1.54, 1.807) is 30.2 Å². The van der Waals surface area contributed by atoms with E-state index in [9.17, 15) is 9.59 Å². The Morgan fingerprint density at radius 2 is 2.00 bits per heavy atom. The lowest BCUT2D eigenvalue weighted by molar-refractivity contribution is -0.149. The van der Waals surface area contributed by atoms with Crippen LogP contribution in [0.4, 0.5) is 5.69 Å². The van der Waals surface area contributed by atoms with Crippen molar-refractivity contribution in [3.63, 3.8) is 0 Å². The molecule has 0 bridgehead atoms. The topological polar surface area (TPSA) is 81.9 Å². The molecule has 2 heterocycles. The molecule has 0 spiro atoms. The van der Waals surface area contributed by atoms with Gasteiger partial charge in [-0.15, -0.1) is 0 Å². The molecule has 1 saturated heterocycles. The van der Waals surface area contributed by atoms with Crippen LogP contribution in [0.25, 0.3) is 11.3 Å². The van der Waals surface area contributed by atoms with Crippen LogP contribution in [0.3, 0.4) is 0 Å². The van der Waals surface area contributed by atoms with Gasteiger partial charge in [-0.3, -0.25) is 9.59 Å². The quantitative estimate of drug-likeness (QED) is 0.598. The number of rotatable bonds is 6. The summed E-state index contributed by atoms with van der Waals surface area (Å²) in [6, 6.07) is 18.5. The van der Waals surface area contributed by atoms with Crippen molar-refractivity contribution in [1.82, 2.24) is 5.16 Å². The third-order valence-electron chi connectivity index (χ3n) is 4.80. The minimum absolute atomic E-state index is 0.000975. The molecule has 0 aliphatic carbocycles. The molecule has 1 atom stereocenters. The van der Waals surface area contributed by atoms with Crippen LogP contribution >= 0.6 is 0 Å². The Labute approximate surface area is 167 Å². The first-order chi connectivity index (χ1) is 14.1. The van der Waals surface area contributed by atoms with Crippen LogP contribution in [0.2, 0.25) is 0 Å². The molecule has 4 rings (SSSR count). The summed E-state index contributed by atoms with van der Waals surface area (Å²) in [4.78, 5) is 26.4. The second-order valence-electron chi connectivity index (χ2n) is 6.76. The Hall–Kier alpha value is -3.61. The average molecular weight is 392 g/mol. The maximum atomic E-state index is 12.5. The Kier molecular flexibility index (Phi) is 5.29. The van der Waals surface area contributed by atoms with Gasteiger partial charge in [0.05, 0.1) is 13.0 Å². The second-order valence-corrected chi connectivity index (χ2v) is 6.76. The Morgan fingerprint density at radius 1 is 1.17 bits per heavy atom. The first-order valence-corrected chi connectivity index (χ1v) is 9.26. The number of benzene rings is 2. The van der Waals surface area contributed by atoms with Crippen molar-refractivity contribution in [3.8, 4) is 17.1 Å². The number of amides is 1. The lowest BCUT2D eigenvalue weighted by atomic mass is 10.1. The molecule has 148 valence electrons. The number of methoxy groups -OCH3 is 1. The van der Waals surface area contributed by atoms with Crippen LogP contribution in [-0.4, -0.2) is 30.7 Å². The highest BCUT2D eigenvalue weighted by atomic mass is 16.5. The maximum Gasteiger partial charge on any atom is 0.311 e. The first-order valence-electron chi connectivity index (χ1n) is 9.26. The summed E-state index contributed by atoms with van der Waals surface area (Å²) >= 11 is 0. The van der Waals surface area contributed by atoms with E-state index in [4.69, 9.17) is 14.0 Å². The molecule has 0 N–H and O–H groups in total. The second kappa shape index (κ2) is 8.18. The van der Waals surface area contributed by atoms with Crippen molar-refractivity contribution in [1.29, 1.82) is 0 Å².